The molecule has 0 bridgehead atoms. The third kappa shape index (κ3) is 6.51. The smallest absolute Gasteiger partial charge is 0.191 e. The van der Waals surface area contributed by atoms with Crippen molar-refractivity contribution in [3.63, 3.8) is 0 Å². The SMILES string of the molecule is CCNC(=NCc1ccc(C)cc1C)NCCc1cnn(C)c1.I. The van der Waals surface area contributed by atoms with E-state index in [4.69, 9.17) is 0 Å². The van der Waals surface area contributed by atoms with Crippen LogP contribution in [0.15, 0.2) is 35.6 Å². The Morgan fingerprint density at radius 2 is 2.04 bits per heavy atom. The lowest BCUT2D eigenvalue weighted by molar-refractivity contribution is 0.765. The summed E-state index contributed by atoms with van der Waals surface area (Å²) in [7, 11) is 1.94. The van der Waals surface area contributed by atoms with Gasteiger partial charge < -0.3 is 10.6 Å². The molecule has 0 aliphatic rings. The number of nitrogens with one attached hydrogen (secondary N) is 2. The zero-order valence-electron chi connectivity index (χ0n) is 15.0. The van der Waals surface area contributed by atoms with Crippen molar-refractivity contribution in [2.45, 2.75) is 33.7 Å². The van der Waals surface area contributed by atoms with Crippen molar-refractivity contribution in [3.8, 4) is 0 Å². The van der Waals surface area contributed by atoms with Crippen molar-refractivity contribution in [1.82, 2.24) is 20.4 Å². The van der Waals surface area contributed by atoms with Gasteiger partial charge in [0.2, 0.25) is 0 Å². The van der Waals surface area contributed by atoms with Gasteiger partial charge in [-0.25, -0.2) is 4.99 Å². The maximum atomic E-state index is 4.68. The van der Waals surface area contributed by atoms with E-state index < -0.39 is 0 Å². The molecule has 5 nitrogen and oxygen atoms in total. The van der Waals surface area contributed by atoms with Gasteiger partial charge in [-0.1, -0.05) is 23.8 Å². The average Bonchev–Trinajstić information content (AvgIpc) is 2.91. The van der Waals surface area contributed by atoms with Gasteiger partial charge in [0.25, 0.3) is 0 Å². The Labute approximate surface area is 162 Å². The molecule has 6 heteroatoms. The van der Waals surface area contributed by atoms with Gasteiger partial charge in [-0.15, -0.1) is 24.0 Å². The normalized spacial score (nSPS) is 11.1. The Morgan fingerprint density at radius 1 is 1.25 bits per heavy atom. The van der Waals surface area contributed by atoms with Crippen molar-refractivity contribution in [2.24, 2.45) is 12.0 Å². The molecule has 132 valence electrons. The lowest BCUT2D eigenvalue weighted by Crippen LogP contribution is -2.38. The molecular weight excluding hydrogens is 413 g/mol. The van der Waals surface area contributed by atoms with Crippen molar-refractivity contribution in [2.75, 3.05) is 13.1 Å². The number of rotatable bonds is 6. The predicted octanol–water partition coefficient (Wildman–Crippen LogP) is 2.95. The van der Waals surface area contributed by atoms with Crippen molar-refractivity contribution >= 4 is 29.9 Å². The summed E-state index contributed by atoms with van der Waals surface area (Å²) >= 11 is 0. The summed E-state index contributed by atoms with van der Waals surface area (Å²) in [5.74, 6) is 0.858. The second kappa shape index (κ2) is 10.3. The number of aryl methyl sites for hydroxylation is 3. The van der Waals surface area contributed by atoms with Gasteiger partial charge in [-0.3, -0.25) is 4.68 Å². The first-order valence-electron chi connectivity index (χ1n) is 8.14. The number of hydrogen-bond acceptors (Lipinski definition) is 2. The Morgan fingerprint density at radius 3 is 2.67 bits per heavy atom. The molecule has 2 rings (SSSR count). The van der Waals surface area contributed by atoms with Gasteiger partial charge in [-0.2, -0.15) is 5.10 Å². The summed E-state index contributed by atoms with van der Waals surface area (Å²) in [5.41, 5.74) is 5.07. The van der Waals surface area contributed by atoms with Crippen molar-refractivity contribution in [3.05, 3.63) is 52.8 Å². The highest BCUT2D eigenvalue weighted by Crippen LogP contribution is 2.11. The Kier molecular flexibility index (Phi) is 8.81. The minimum atomic E-state index is 0. The molecule has 0 spiro atoms. The van der Waals surface area contributed by atoms with Crippen LogP contribution in [-0.2, 0) is 20.0 Å². The van der Waals surface area contributed by atoms with Crippen LogP contribution >= 0.6 is 24.0 Å². The topological polar surface area (TPSA) is 54.2 Å². The van der Waals surface area contributed by atoms with Gasteiger partial charge in [0, 0.05) is 26.3 Å². The Hall–Kier alpha value is -1.57. The maximum absolute atomic E-state index is 4.68. The monoisotopic (exact) mass is 441 g/mol. The van der Waals surface area contributed by atoms with E-state index in [1.165, 1.54) is 22.3 Å². The van der Waals surface area contributed by atoms with Crippen LogP contribution in [0.1, 0.15) is 29.2 Å². The van der Waals surface area contributed by atoms with Gasteiger partial charge in [0.05, 0.1) is 12.7 Å². The fourth-order valence-corrected chi connectivity index (χ4v) is 2.46. The molecule has 0 aliphatic carbocycles. The molecule has 0 radical (unpaired) electrons. The number of benzene rings is 1. The third-order valence-electron chi connectivity index (χ3n) is 3.71. The van der Waals surface area contributed by atoms with E-state index >= 15 is 0 Å². The Balaban J connectivity index is 0.00000288. The molecule has 2 N–H and O–H groups in total. The molecule has 1 heterocycles. The lowest BCUT2D eigenvalue weighted by atomic mass is 10.1. The van der Waals surface area contributed by atoms with E-state index in [0.29, 0.717) is 6.54 Å². The number of hydrogen-bond donors (Lipinski definition) is 2. The van der Waals surface area contributed by atoms with Crippen LogP contribution in [0.2, 0.25) is 0 Å². The second-order valence-corrected chi connectivity index (χ2v) is 5.82. The molecule has 0 fully saturated rings. The Bertz CT molecular complexity index is 663. The van der Waals surface area contributed by atoms with Gasteiger partial charge >= 0.3 is 0 Å². The predicted molar refractivity (Wildman–Crippen MR) is 111 cm³/mol. The summed E-state index contributed by atoms with van der Waals surface area (Å²) in [4.78, 5) is 4.68. The highest BCUT2D eigenvalue weighted by atomic mass is 127. The van der Waals surface area contributed by atoms with E-state index in [0.717, 1.165) is 25.5 Å². The fourth-order valence-electron chi connectivity index (χ4n) is 2.46. The summed E-state index contributed by atoms with van der Waals surface area (Å²) < 4.78 is 1.83. The van der Waals surface area contributed by atoms with Crippen LogP contribution in [0, 0.1) is 13.8 Å². The molecule has 1 aromatic carbocycles. The quantitative estimate of drug-likeness (QED) is 0.412. The van der Waals surface area contributed by atoms with E-state index in [-0.39, 0.29) is 24.0 Å². The lowest BCUT2D eigenvalue weighted by Gasteiger charge is -2.11. The second-order valence-electron chi connectivity index (χ2n) is 5.82. The highest BCUT2D eigenvalue weighted by molar-refractivity contribution is 14.0. The van der Waals surface area contributed by atoms with Crippen LogP contribution in [-0.4, -0.2) is 28.8 Å². The summed E-state index contributed by atoms with van der Waals surface area (Å²) in [5, 5.41) is 10.9. The van der Waals surface area contributed by atoms with E-state index in [1.807, 2.05) is 24.1 Å². The molecule has 0 aliphatic heterocycles. The van der Waals surface area contributed by atoms with Crippen molar-refractivity contribution in [1.29, 1.82) is 0 Å². The molecule has 1 aromatic heterocycles. The summed E-state index contributed by atoms with van der Waals surface area (Å²) in [6.45, 7) is 8.71. The van der Waals surface area contributed by atoms with Crippen LogP contribution in [0.5, 0.6) is 0 Å². The summed E-state index contributed by atoms with van der Waals surface area (Å²) in [6.07, 6.45) is 4.88. The largest absolute Gasteiger partial charge is 0.357 e. The van der Waals surface area contributed by atoms with Crippen LogP contribution in [0.4, 0.5) is 0 Å². The molecule has 0 saturated carbocycles. The number of aromatic nitrogens is 2. The molecular formula is C18H28IN5. The molecule has 2 aromatic rings. The van der Waals surface area contributed by atoms with E-state index in [2.05, 4.69) is 59.7 Å². The van der Waals surface area contributed by atoms with Gasteiger partial charge in [0.1, 0.15) is 0 Å². The number of aliphatic imine (C=N–C) groups is 1. The van der Waals surface area contributed by atoms with Gasteiger partial charge in [-0.05, 0) is 43.9 Å². The van der Waals surface area contributed by atoms with E-state index in [1.54, 1.807) is 0 Å². The van der Waals surface area contributed by atoms with E-state index in [9.17, 15) is 0 Å². The molecule has 0 saturated heterocycles. The molecule has 0 atom stereocenters. The molecule has 0 amide bonds. The first-order chi connectivity index (χ1) is 11.1. The average molecular weight is 441 g/mol. The number of halogens is 1. The number of nitrogens with zero attached hydrogens (tertiary/aromatic N) is 3. The molecule has 0 unspecified atom stereocenters. The minimum Gasteiger partial charge on any atom is -0.357 e. The first kappa shape index (κ1) is 20.5. The standard InChI is InChI=1S/C18H27N5.HI/c1-5-19-18(20-9-8-16-11-22-23(4)13-16)21-12-17-7-6-14(2)10-15(17)3;/h6-7,10-11,13H,5,8-9,12H2,1-4H3,(H2,19,20,21);1H. The highest BCUT2D eigenvalue weighted by Gasteiger charge is 2.01. The van der Waals surface area contributed by atoms with Crippen LogP contribution < -0.4 is 10.6 Å². The third-order valence-corrected chi connectivity index (χ3v) is 3.71. The molecule has 24 heavy (non-hydrogen) atoms. The zero-order valence-corrected chi connectivity index (χ0v) is 17.3. The summed E-state index contributed by atoms with van der Waals surface area (Å²) in [6, 6.07) is 6.50. The number of guanidine groups is 1. The van der Waals surface area contributed by atoms with Crippen molar-refractivity contribution < 1.29 is 0 Å². The first-order valence-corrected chi connectivity index (χ1v) is 8.14. The van der Waals surface area contributed by atoms with Crippen LogP contribution in [0.3, 0.4) is 0 Å². The fraction of sp³-hybridized carbons (Fsp3) is 0.444. The van der Waals surface area contributed by atoms with Crippen LogP contribution in [0.25, 0.3) is 0 Å². The minimum absolute atomic E-state index is 0. The zero-order chi connectivity index (χ0) is 16.7. The maximum Gasteiger partial charge on any atom is 0.191 e. The van der Waals surface area contributed by atoms with Gasteiger partial charge in [0.15, 0.2) is 5.96 Å².